The van der Waals surface area contributed by atoms with Gasteiger partial charge in [-0.2, -0.15) is 4.99 Å². The van der Waals surface area contributed by atoms with Crippen LogP contribution in [-0.4, -0.2) is 45.5 Å². The number of aryl methyl sites for hydroxylation is 2. The zero-order chi connectivity index (χ0) is 21.8. The van der Waals surface area contributed by atoms with Crippen LogP contribution >= 0.6 is 11.3 Å². The molecule has 0 saturated heterocycles. The molecule has 0 N–H and O–H groups in total. The first-order chi connectivity index (χ1) is 14.4. The lowest BCUT2D eigenvalue weighted by molar-refractivity contribution is 0.0996. The van der Waals surface area contributed by atoms with Crippen molar-refractivity contribution in [3.8, 4) is 17.2 Å². The quantitative estimate of drug-likeness (QED) is 0.571. The number of nitrogens with zero attached hydrogens (tertiary/aromatic N) is 2. The molecule has 2 aromatic carbocycles. The fraction of sp³-hybridized carbons (Fsp3) is 0.364. The van der Waals surface area contributed by atoms with E-state index in [1.165, 1.54) is 32.7 Å². The summed E-state index contributed by atoms with van der Waals surface area (Å²) in [6.07, 6.45) is 0. The van der Waals surface area contributed by atoms with Crippen molar-refractivity contribution in [2.45, 2.75) is 20.4 Å². The minimum absolute atomic E-state index is 0.355. The summed E-state index contributed by atoms with van der Waals surface area (Å²) < 4.78 is 24.4. The molecule has 1 aromatic heterocycles. The highest BCUT2D eigenvalue weighted by molar-refractivity contribution is 7.16. The van der Waals surface area contributed by atoms with Crippen molar-refractivity contribution in [1.29, 1.82) is 0 Å². The second kappa shape index (κ2) is 9.32. The predicted molar refractivity (Wildman–Crippen MR) is 117 cm³/mol. The number of hydrogen-bond acceptors (Lipinski definition) is 6. The standard InChI is InChI=1S/C22H26N2O5S/c1-13-9-14(2)20-16(10-13)24(7-8-26-3)22(30-20)23-21(25)15-11-17(27-4)19(29-6)18(12-15)28-5/h9-12H,7-8H2,1-6H3. The van der Waals surface area contributed by atoms with Gasteiger partial charge in [-0.25, -0.2) is 0 Å². The molecule has 0 saturated carbocycles. The molecule has 160 valence electrons. The lowest BCUT2D eigenvalue weighted by Gasteiger charge is -2.12. The number of methoxy groups -OCH3 is 4. The molecular formula is C22H26N2O5S. The highest BCUT2D eigenvalue weighted by Gasteiger charge is 2.17. The van der Waals surface area contributed by atoms with Crippen LogP contribution in [0.5, 0.6) is 17.2 Å². The van der Waals surface area contributed by atoms with Gasteiger partial charge in [0.25, 0.3) is 5.91 Å². The molecule has 0 aliphatic heterocycles. The SMILES string of the molecule is COCCn1c(=NC(=O)c2cc(OC)c(OC)c(OC)c2)sc2c(C)cc(C)cc21. The smallest absolute Gasteiger partial charge is 0.279 e. The molecule has 0 radical (unpaired) electrons. The van der Waals surface area contributed by atoms with E-state index in [0.717, 1.165) is 21.3 Å². The van der Waals surface area contributed by atoms with E-state index in [9.17, 15) is 4.79 Å². The average molecular weight is 431 g/mol. The molecule has 7 nitrogen and oxygen atoms in total. The van der Waals surface area contributed by atoms with Gasteiger partial charge in [0.2, 0.25) is 5.75 Å². The number of thiazole rings is 1. The number of fused-ring (bicyclic) bond motifs is 1. The summed E-state index contributed by atoms with van der Waals surface area (Å²) in [4.78, 5) is 18.1. The van der Waals surface area contributed by atoms with Crippen LogP contribution in [0.25, 0.3) is 10.2 Å². The van der Waals surface area contributed by atoms with E-state index in [-0.39, 0.29) is 5.91 Å². The first kappa shape index (κ1) is 21.9. The van der Waals surface area contributed by atoms with Crippen LogP contribution in [0.15, 0.2) is 29.3 Å². The third-order valence-electron chi connectivity index (χ3n) is 4.74. The van der Waals surface area contributed by atoms with Gasteiger partial charge in [0.15, 0.2) is 16.3 Å². The van der Waals surface area contributed by atoms with E-state index in [0.29, 0.717) is 40.8 Å². The number of amides is 1. The second-order valence-corrected chi connectivity index (χ2v) is 7.77. The monoisotopic (exact) mass is 430 g/mol. The Balaban J connectivity index is 2.17. The number of carbonyl (C=O) groups is 1. The Hall–Kier alpha value is -2.84. The van der Waals surface area contributed by atoms with Crippen molar-refractivity contribution in [3.05, 3.63) is 45.8 Å². The van der Waals surface area contributed by atoms with Crippen molar-refractivity contribution in [2.75, 3.05) is 35.0 Å². The molecule has 0 aliphatic carbocycles. The van der Waals surface area contributed by atoms with E-state index in [1.807, 2.05) is 4.57 Å². The van der Waals surface area contributed by atoms with Crippen LogP contribution in [0, 0.1) is 13.8 Å². The summed E-state index contributed by atoms with van der Waals surface area (Å²) in [5.41, 5.74) is 3.72. The van der Waals surface area contributed by atoms with Gasteiger partial charge in [-0.3, -0.25) is 4.79 Å². The predicted octanol–water partition coefficient (Wildman–Crippen LogP) is 3.73. The summed E-state index contributed by atoms with van der Waals surface area (Å²) in [6.45, 7) is 5.24. The first-order valence-electron chi connectivity index (χ1n) is 9.42. The summed E-state index contributed by atoms with van der Waals surface area (Å²) in [7, 11) is 6.20. The van der Waals surface area contributed by atoms with E-state index in [1.54, 1.807) is 19.2 Å². The summed E-state index contributed by atoms with van der Waals surface area (Å²) >= 11 is 1.49. The number of hydrogen-bond donors (Lipinski definition) is 0. The zero-order valence-corrected chi connectivity index (χ0v) is 18.9. The Morgan fingerprint density at radius 2 is 1.67 bits per heavy atom. The molecule has 3 aromatic rings. The minimum atomic E-state index is -0.388. The highest BCUT2D eigenvalue weighted by Crippen LogP contribution is 2.38. The third-order valence-corrected chi connectivity index (χ3v) is 5.97. The van der Waals surface area contributed by atoms with Gasteiger partial charge >= 0.3 is 0 Å². The molecular weight excluding hydrogens is 404 g/mol. The minimum Gasteiger partial charge on any atom is -0.493 e. The van der Waals surface area contributed by atoms with Crippen molar-refractivity contribution < 1.29 is 23.7 Å². The van der Waals surface area contributed by atoms with Crippen LogP contribution in [0.4, 0.5) is 0 Å². The van der Waals surface area contributed by atoms with Gasteiger partial charge in [0.05, 0.1) is 38.2 Å². The van der Waals surface area contributed by atoms with E-state index in [2.05, 4.69) is 31.0 Å². The highest BCUT2D eigenvalue weighted by atomic mass is 32.1. The average Bonchev–Trinajstić information content (AvgIpc) is 3.08. The molecule has 0 spiro atoms. The Morgan fingerprint density at radius 3 is 2.23 bits per heavy atom. The number of aromatic nitrogens is 1. The van der Waals surface area contributed by atoms with Crippen LogP contribution < -0.4 is 19.0 Å². The van der Waals surface area contributed by atoms with Crippen LogP contribution in [0.1, 0.15) is 21.5 Å². The molecule has 0 atom stereocenters. The fourth-order valence-electron chi connectivity index (χ4n) is 3.35. The van der Waals surface area contributed by atoms with Gasteiger partial charge in [0.1, 0.15) is 0 Å². The van der Waals surface area contributed by atoms with Crippen LogP contribution in [0.3, 0.4) is 0 Å². The van der Waals surface area contributed by atoms with Crippen molar-refractivity contribution >= 4 is 27.5 Å². The molecule has 0 fully saturated rings. The van der Waals surface area contributed by atoms with Gasteiger partial charge < -0.3 is 23.5 Å². The Bertz CT molecular complexity index is 1120. The summed E-state index contributed by atoms with van der Waals surface area (Å²) in [5.74, 6) is 0.858. The third kappa shape index (κ3) is 4.20. The Labute approximate surface area is 179 Å². The fourth-order valence-corrected chi connectivity index (χ4v) is 4.46. The summed E-state index contributed by atoms with van der Waals surface area (Å²) in [6, 6.07) is 7.45. The van der Waals surface area contributed by atoms with E-state index in [4.69, 9.17) is 18.9 Å². The summed E-state index contributed by atoms with van der Waals surface area (Å²) in [5, 5.41) is 0. The lowest BCUT2D eigenvalue weighted by atomic mass is 10.1. The molecule has 1 heterocycles. The molecule has 1 amide bonds. The number of carbonyl (C=O) groups excluding carboxylic acids is 1. The van der Waals surface area contributed by atoms with E-state index < -0.39 is 0 Å². The van der Waals surface area contributed by atoms with Gasteiger partial charge in [-0.1, -0.05) is 17.4 Å². The number of rotatable bonds is 7. The van der Waals surface area contributed by atoms with E-state index >= 15 is 0 Å². The second-order valence-electron chi connectivity index (χ2n) is 6.79. The Kier molecular flexibility index (Phi) is 6.79. The van der Waals surface area contributed by atoms with Gasteiger partial charge in [-0.05, 0) is 43.2 Å². The van der Waals surface area contributed by atoms with Crippen LogP contribution in [-0.2, 0) is 11.3 Å². The number of benzene rings is 2. The Morgan fingerprint density at radius 1 is 1.00 bits per heavy atom. The molecule has 0 unspecified atom stereocenters. The topological polar surface area (TPSA) is 71.3 Å². The van der Waals surface area contributed by atoms with Crippen molar-refractivity contribution in [1.82, 2.24) is 4.57 Å². The first-order valence-corrected chi connectivity index (χ1v) is 10.2. The number of ether oxygens (including phenoxy) is 4. The van der Waals surface area contributed by atoms with Crippen LogP contribution in [0.2, 0.25) is 0 Å². The maximum Gasteiger partial charge on any atom is 0.279 e. The van der Waals surface area contributed by atoms with Crippen molar-refractivity contribution in [3.63, 3.8) is 0 Å². The van der Waals surface area contributed by atoms with Crippen molar-refractivity contribution in [2.24, 2.45) is 4.99 Å². The molecule has 30 heavy (non-hydrogen) atoms. The zero-order valence-electron chi connectivity index (χ0n) is 18.1. The maximum atomic E-state index is 13.0. The molecule has 0 bridgehead atoms. The molecule has 8 heteroatoms. The molecule has 0 aliphatic rings. The maximum absolute atomic E-state index is 13.0. The normalized spacial score (nSPS) is 11.7. The van der Waals surface area contributed by atoms with Gasteiger partial charge in [-0.15, -0.1) is 0 Å². The van der Waals surface area contributed by atoms with Gasteiger partial charge in [0, 0.05) is 19.2 Å². The lowest BCUT2D eigenvalue weighted by Crippen LogP contribution is -2.19. The largest absolute Gasteiger partial charge is 0.493 e. The molecule has 3 rings (SSSR count).